The first-order valence-corrected chi connectivity index (χ1v) is 6.10. The normalized spacial score (nSPS) is 19.2. The summed E-state index contributed by atoms with van der Waals surface area (Å²) in [6.07, 6.45) is 2.10. The summed E-state index contributed by atoms with van der Waals surface area (Å²) in [6, 6.07) is 5.08. The highest BCUT2D eigenvalue weighted by Gasteiger charge is 2.47. The molecule has 3 heteroatoms. The second-order valence-corrected chi connectivity index (χ2v) is 5.35. The second kappa shape index (κ2) is 4.30. The molecule has 1 fully saturated rings. The molecule has 0 amide bonds. The molecular weight excluding hydrogens is 217 g/mol. The molecule has 1 aliphatic carbocycles. The Bertz CT molecular complexity index is 413. The van der Waals surface area contributed by atoms with E-state index in [4.69, 9.17) is 10.5 Å². The van der Waals surface area contributed by atoms with Gasteiger partial charge in [-0.05, 0) is 36.5 Å². The number of ether oxygens (including phenoxy) is 1. The van der Waals surface area contributed by atoms with E-state index in [1.165, 1.54) is 13.2 Å². The summed E-state index contributed by atoms with van der Waals surface area (Å²) in [5, 5.41) is 0. The van der Waals surface area contributed by atoms with Crippen molar-refractivity contribution >= 4 is 0 Å². The number of benzene rings is 1. The van der Waals surface area contributed by atoms with Crippen molar-refractivity contribution in [3.05, 3.63) is 29.6 Å². The topological polar surface area (TPSA) is 35.2 Å². The predicted octanol–water partition coefficient (Wildman–Crippen LogP) is 3.07. The highest BCUT2D eigenvalue weighted by Crippen LogP contribution is 2.49. The van der Waals surface area contributed by atoms with Crippen LogP contribution in [0.15, 0.2) is 18.2 Å². The molecule has 2 nitrogen and oxygen atoms in total. The fourth-order valence-electron chi connectivity index (χ4n) is 2.71. The van der Waals surface area contributed by atoms with Crippen molar-refractivity contribution in [2.45, 2.75) is 38.1 Å². The highest BCUT2D eigenvalue weighted by atomic mass is 19.1. The lowest BCUT2D eigenvalue weighted by molar-refractivity contribution is 0.377. The number of halogens is 1. The molecule has 0 radical (unpaired) electrons. The van der Waals surface area contributed by atoms with Crippen LogP contribution < -0.4 is 10.5 Å². The van der Waals surface area contributed by atoms with Crippen LogP contribution in [0.1, 0.15) is 38.2 Å². The van der Waals surface area contributed by atoms with E-state index in [1.807, 2.05) is 6.07 Å². The van der Waals surface area contributed by atoms with Gasteiger partial charge >= 0.3 is 0 Å². The average Bonchev–Trinajstić information content (AvgIpc) is 2.99. The van der Waals surface area contributed by atoms with Crippen LogP contribution in [0.25, 0.3) is 0 Å². The van der Waals surface area contributed by atoms with E-state index in [0.29, 0.717) is 11.7 Å². The maximum Gasteiger partial charge on any atom is 0.165 e. The van der Waals surface area contributed by atoms with E-state index in [9.17, 15) is 4.39 Å². The van der Waals surface area contributed by atoms with Gasteiger partial charge in [0.2, 0.25) is 0 Å². The Hall–Kier alpha value is -1.09. The minimum Gasteiger partial charge on any atom is -0.494 e. The van der Waals surface area contributed by atoms with E-state index < -0.39 is 0 Å². The van der Waals surface area contributed by atoms with E-state index >= 15 is 0 Å². The summed E-state index contributed by atoms with van der Waals surface area (Å²) < 4.78 is 18.4. The molecule has 0 bridgehead atoms. The van der Waals surface area contributed by atoms with Crippen LogP contribution >= 0.6 is 0 Å². The maximum absolute atomic E-state index is 13.4. The first-order valence-electron chi connectivity index (χ1n) is 6.10. The van der Waals surface area contributed by atoms with Crippen molar-refractivity contribution in [2.75, 3.05) is 7.11 Å². The van der Waals surface area contributed by atoms with E-state index in [2.05, 4.69) is 13.8 Å². The molecule has 17 heavy (non-hydrogen) atoms. The molecule has 1 aromatic rings. The molecule has 0 aliphatic heterocycles. The summed E-state index contributed by atoms with van der Waals surface area (Å²) in [7, 11) is 1.49. The van der Waals surface area contributed by atoms with Crippen LogP contribution in [0, 0.1) is 11.7 Å². The molecule has 1 aliphatic rings. The van der Waals surface area contributed by atoms with Crippen LogP contribution in [0.5, 0.6) is 5.75 Å². The van der Waals surface area contributed by atoms with Crippen molar-refractivity contribution in [2.24, 2.45) is 11.7 Å². The lowest BCUT2D eigenvalue weighted by Gasteiger charge is -2.28. The number of hydrogen-bond donors (Lipinski definition) is 1. The summed E-state index contributed by atoms with van der Waals surface area (Å²) in [5.41, 5.74) is 7.30. The molecule has 1 aromatic carbocycles. The predicted molar refractivity (Wildman–Crippen MR) is 66.7 cm³/mol. The zero-order valence-corrected chi connectivity index (χ0v) is 10.7. The molecule has 0 aromatic heterocycles. The van der Waals surface area contributed by atoms with E-state index in [1.54, 1.807) is 6.07 Å². The Morgan fingerprint density at radius 3 is 2.47 bits per heavy atom. The van der Waals surface area contributed by atoms with Gasteiger partial charge in [0.15, 0.2) is 11.6 Å². The maximum atomic E-state index is 13.4. The van der Waals surface area contributed by atoms with Crippen LogP contribution in [0.3, 0.4) is 0 Å². The molecule has 1 saturated carbocycles. The highest BCUT2D eigenvalue weighted by molar-refractivity contribution is 5.36. The largest absolute Gasteiger partial charge is 0.494 e. The van der Waals surface area contributed by atoms with E-state index in [0.717, 1.165) is 18.4 Å². The Morgan fingerprint density at radius 1 is 1.35 bits per heavy atom. The summed E-state index contributed by atoms with van der Waals surface area (Å²) in [6.45, 7) is 4.32. The zero-order chi connectivity index (χ0) is 12.6. The first-order chi connectivity index (χ1) is 7.98. The van der Waals surface area contributed by atoms with Crippen molar-refractivity contribution in [1.82, 2.24) is 0 Å². The average molecular weight is 237 g/mol. The third-order valence-electron chi connectivity index (χ3n) is 3.65. The Balaban J connectivity index is 2.36. The Morgan fingerprint density at radius 2 is 2.00 bits per heavy atom. The van der Waals surface area contributed by atoms with Crippen LogP contribution in [0.2, 0.25) is 0 Å². The molecule has 0 spiro atoms. The first kappa shape index (κ1) is 12.4. The van der Waals surface area contributed by atoms with Gasteiger partial charge in [-0.3, -0.25) is 0 Å². The summed E-state index contributed by atoms with van der Waals surface area (Å²) >= 11 is 0. The van der Waals surface area contributed by atoms with Gasteiger partial charge in [0.25, 0.3) is 0 Å². The molecule has 1 unspecified atom stereocenters. The van der Waals surface area contributed by atoms with Crippen LogP contribution in [0.4, 0.5) is 4.39 Å². The smallest absolute Gasteiger partial charge is 0.165 e. The lowest BCUT2D eigenvalue weighted by Crippen LogP contribution is -2.33. The fraction of sp³-hybridized carbons (Fsp3) is 0.571. The lowest BCUT2D eigenvalue weighted by atomic mass is 9.81. The summed E-state index contributed by atoms with van der Waals surface area (Å²) in [5.74, 6) is 0.702. The van der Waals surface area contributed by atoms with Gasteiger partial charge in [-0.1, -0.05) is 19.9 Å². The zero-order valence-electron chi connectivity index (χ0n) is 10.7. The number of nitrogens with two attached hydrogens (primary N) is 1. The van der Waals surface area contributed by atoms with Gasteiger partial charge in [0.1, 0.15) is 0 Å². The van der Waals surface area contributed by atoms with Gasteiger partial charge in [-0.2, -0.15) is 0 Å². The minimum absolute atomic E-state index is 0.100. The van der Waals surface area contributed by atoms with Crippen LogP contribution in [-0.4, -0.2) is 12.6 Å². The van der Waals surface area contributed by atoms with E-state index in [-0.39, 0.29) is 17.3 Å². The van der Waals surface area contributed by atoms with Gasteiger partial charge in [-0.25, -0.2) is 4.39 Å². The standard InChI is InChI=1S/C14H20FNO/c1-9(2)13(14(16)6-7-14)10-4-5-11(15)12(8-10)17-3/h4-5,8-9,13H,6-7,16H2,1-3H3. The van der Waals surface area contributed by atoms with Gasteiger partial charge < -0.3 is 10.5 Å². The SMILES string of the molecule is COc1cc(C(C(C)C)C2(N)CC2)ccc1F. The van der Waals surface area contributed by atoms with Gasteiger partial charge in [0.05, 0.1) is 7.11 Å². The van der Waals surface area contributed by atoms with Crippen molar-refractivity contribution in [3.63, 3.8) is 0 Å². The monoisotopic (exact) mass is 237 g/mol. The van der Waals surface area contributed by atoms with Crippen molar-refractivity contribution in [3.8, 4) is 5.75 Å². The molecule has 2 rings (SSSR count). The molecule has 0 heterocycles. The second-order valence-electron chi connectivity index (χ2n) is 5.35. The molecule has 94 valence electrons. The number of hydrogen-bond acceptors (Lipinski definition) is 2. The summed E-state index contributed by atoms with van der Waals surface area (Å²) in [4.78, 5) is 0. The van der Waals surface area contributed by atoms with Crippen LogP contribution in [-0.2, 0) is 0 Å². The van der Waals surface area contributed by atoms with Gasteiger partial charge in [0, 0.05) is 11.5 Å². The number of rotatable bonds is 4. The third-order valence-corrected chi connectivity index (χ3v) is 3.65. The number of methoxy groups -OCH3 is 1. The Labute approximate surface area is 102 Å². The molecular formula is C14H20FNO. The van der Waals surface area contributed by atoms with Gasteiger partial charge in [-0.15, -0.1) is 0 Å². The Kier molecular flexibility index (Phi) is 3.13. The van der Waals surface area contributed by atoms with Crippen molar-refractivity contribution < 1.29 is 9.13 Å². The minimum atomic E-state index is -0.319. The molecule has 2 N–H and O–H groups in total. The molecule has 0 saturated heterocycles. The fourth-order valence-corrected chi connectivity index (χ4v) is 2.71. The quantitative estimate of drug-likeness (QED) is 0.873. The van der Waals surface area contributed by atoms with Crippen molar-refractivity contribution in [1.29, 1.82) is 0 Å². The molecule has 1 atom stereocenters. The third kappa shape index (κ3) is 2.29.